The third-order valence-electron chi connectivity index (χ3n) is 12.3. The maximum atomic E-state index is 13.6. The maximum Gasteiger partial charge on any atom is 0.325 e. The molecule has 1 saturated heterocycles. The minimum absolute atomic E-state index is 0.000771. The highest BCUT2D eigenvalue weighted by atomic mass is 16.5. The molecule has 346 valence electrons. The molecule has 0 aromatic heterocycles. The number of likely N-dealkylation sites (tertiary alicyclic amines) is 1. The monoisotopic (exact) mass is 834 g/mol. The molecule has 1 rings (SSSR count). The molecule has 9 nitrogen and oxygen atoms in total. The summed E-state index contributed by atoms with van der Waals surface area (Å²) in [6, 6.07) is 0. The van der Waals surface area contributed by atoms with E-state index in [1.54, 1.807) is 4.90 Å². The number of rotatable bonds is 40. The van der Waals surface area contributed by atoms with E-state index in [1.165, 1.54) is 128 Å². The molecule has 0 aromatic rings. The van der Waals surface area contributed by atoms with Crippen molar-refractivity contribution in [2.75, 3.05) is 60.0 Å². The van der Waals surface area contributed by atoms with Crippen LogP contribution in [-0.4, -0.2) is 98.5 Å². The second kappa shape index (κ2) is 38.7. The number of carbonyl (C=O) groups excluding carboxylic acids is 4. The Labute approximate surface area is 364 Å². The van der Waals surface area contributed by atoms with Crippen molar-refractivity contribution in [1.29, 1.82) is 0 Å². The van der Waals surface area contributed by atoms with Gasteiger partial charge in [-0.05, 0) is 70.9 Å². The fraction of sp³-hybridized carbons (Fsp3) is 0.920. The molecule has 0 aromatic carbocycles. The molecule has 0 saturated carbocycles. The predicted octanol–water partition coefficient (Wildman–Crippen LogP) is 12.1. The summed E-state index contributed by atoms with van der Waals surface area (Å²) < 4.78 is 11.4. The Hall–Kier alpha value is -2.16. The van der Waals surface area contributed by atoms with Gasteiger partial charge in [-0.3, -0.25) is 19.2 Å². The van der Waals surface area contributed by atoms with Crippen molar-refractivity contribution in [3.63, 3.8) is 0 Å². The fourth-order valence-corrected chi connectivity index (χ4v) is 8.35. The zero-order valence-electron chi connectivity index (χ0n) is 39.5. The van der Waals surface area contributed by atoms with Crippen LogP contribution in [0.2, 0.25) is 0 Å². The molecular formula is C50H95N3O6. The lowest BCUT2D eigenvalue weighted by Crippen LogP contribution is -2.44. The van der Waals surface area contributed by atoms with Crippen LogP contribution < -0.4 is 0 Å². The van der Waals surface area contributed by atoms with Crippen molar-refractivity contribution in [1.82, 2.24) is 14.7 Å². The Morgan fingerprint density at radius 1 is 0.559 bits per heavy atom. The molecule has 1 atom stereocenters. The molecular weight excluding hydrogens is 739 g/mol. The summed E-state index contributed by atoms with van der Waals surface area (Å²) in [5.41, 5.74) is 0. The van der Waals surface area contributed by atoms with E-state index in [0.29, 0.717) is 58.2 Å². The third kappa shape index (κ3) is 32.3. The molecule has 0 N–H and O–H groups in total. The van der Waals surface area contributed by atoms with E-state index in [-0.39, 0.29) is 36.2 Å². The van der Waals surface area contributed by atoms with E-state index < -0.39 is 0 Å². The molecule has 0 radical (unpaired) electrons. The summed E-state index contributed by atoms with van der Waals surface area (Å²) in [6.45, 7) is 9.97. The molecule has 1 fully saturated rings. The summed E-state index contributed by atoms with van der Waals surface area (Å²) in [7, 11) is 3.81. The van der Waals surface area contributed by atoms with Gasteiger partial charge in [-0.1, -0.05) is 168 Å². The van der Waals surface area contributed by atoms with Crippen molar-refractivity contribution in [3.8, 4) is 0 Å². The highest BCUT2D eigenvalue weighted by molar-refractivity contribution is 5.82. The van der Waals surface area contributed by atoms with Crippen LogP contribution in [0.15, 0.2) is 0 Å². The first-order valence-corrected chi connectivity index (χ1v) is 25.2. The van der Waals surface area contributed by atoms with Crippen LogP contribution in [0.4, 0.5) is 0 Å². The molecule has 1 unspecified atom stereocenters. The number of nitrogens with zero attached hydrogens (tertiary/aromatic N) is 3. The number of hydrogen-bond donors (Lipinski definition) is 0. The second-order valence-corrected chi connectivity index (χ2v) is 18.3. The van der Waals surface area contributed by atoms with Crippen molar-refractivity contribution >= 4 is 23.8 Å². The van der Waals surface area contributed by atoms with Gasteiger partial charge < -0.3 is 24.2 Å². The van der Waals surface area contributed by atoms with Crippen molar-refractivity contribution in [3.05, 3.63) is 0 Å². The van der Waals surface area contributed by atoms with Gasteiger partial charge in [-0.25, -0.2) is 0 Å². The number of amides is 2. The van der Waals surface area contributed by atoms with Gasteiger partial charge in [0.25, 0.3) is 0 Å². The summed E-state index contributed by atoms with van der Waals surface area (Å²) in [5, 5.41) is 0. The smallest absolute Gasteiger partial charge is 0.325 e. The van der Waals surface area contributed by atoms with E-state index in [1.807, 2.05) is 23.9 Å². The zero-order chi connectivity index (χ0) is 43.2. The minimum atomic E-state index is -0.326. The molecule has 0 bridgehead atoms. The van der Waals surface area contributed by atoms with E-state index in [0.717, 1.165) is 64.2 Å². The first-order chi connectivity index (χ1) is 28.7. The van der Waals surface area contributed by atoms with Crippen molar-refractivity contribution in [2.24, 2.45) is 11.8 Å². The largest absolute Gasteiger partial charge is 0.465 e. The topological polar surface area (TPSA) is 96.5 Å². The first-order valence-electron chi connectivity index (χ1n) is 25.2. The average molecular weight is 834 g/mol. The van der Waals surface area contributed by atoms with Gasteiger partial charge in [0.15, 0.2) is 0 Å². The molecule has 0 spiro atoms. The molecule has 1 heterocycles. The van der Waals surface area contributed by atoms with Crippen LogP contribution in [0.1, 0.15) is 226 Å². The van der Waals surface area contributed by atoms with Gasteiger partial charge >= 0.3 is 11.9 Å². The number of esters is 2. The zero-order valence-corrected chi connectivity index (χ0v) is 39.5. The van der Waals surface area contributed by atoms with Crippen molar-refractivity contribution in [2.45, 2.75) is 226 Å². The SMILES string of the molecule is CCCCCCCCCCCCCCOC(=O)CN(CCCCCCC(=O)OCC(CCCCCC)CCCCCCCC)C(=O)CC1CCN(C(=O)CN(C)C)CC1. The Morgan fingerprint density at radius 2 is 1.03 bits per heavy atom. The molecule has 2 amide bonds. The van der Waals surface area contributed by atoms with E-state index >= 15 is 0 Å². The van der Waals surface area contributed by atoms with Crippen LogP contribution in [-0.2, 0) is 28.7 Å². The van der Waals surface area contributed by atoms with Gasteiger partial charge in [0.1, 0.15) is 6.54 Å². The van der Waals surface area contributed by atoms with Gasteiger partial charge in [-0.2, -0.15) is 0 Å². The van der Waals surface area contributed by atoms with Gasteiger partial charge in [-0.15, -0.1) is 0 Å². The number of likely N-dealkylation sites (N-methyl/N-ethyl adjacent to an activating group) is 1. The average Bonchev–Trinajstić information content (AvgIpc) is 3.21. The van der Waals surface area contributed by atoms with E-state index in [4.69, 9.17) is 9.47 Å². The lowest BCUT2D eigenvalue weighted by Gasteiger charge is -2.33. The normalized spacial score (nSPS) is 13.8. The number of piperidine rings is 1. The quantitative estimate of drug-likeness (QED) is 0.0448. The number of carbonyl (C=O) groups is 4. The highest BCUT2D eigenvalue weighted by Crippen LogP contribution is 2.23. The molecule has 9 heteroatoms. The standard InChI is InChI=1S/C50H95N3O6/c1-6-9-12-15-17-18-19-20-21-22-26-31-40-58-50(57)43-53(47(54)41-45-35-38-52(39-36-45)48(55)42-51(4)5)37-30-25-24-29-34-49(56)59-44-46(32-27-14-11-8-3)33-28-23-16-13-10-7-2/h45-46H,6-44H2,1-5H3. The van der Waals surface area contributed by atoms with Crippen LogP contribution >= 0.6 is 0 Å². The van der Waals surface area contributed by atoms with Gasteiger partial charge in [0.2, 0.25) is 11.8 Å². The number of unbranched alkanes of at least 4 members (excludes halogenated alkanes) is 22. The summed E-state index contributed by atoms with van der Waals surface area (Å²) >= 11 is 0. The van der Waals surface area contributed by atoms with Crippen LogP contribution in [0.3, 0.4) is 0 Å². The second-order valence-electron chi connectivity index (χ2n) is 18.3. The van der Waals surface area contributed by atoms with E-state index in [2.05, 4.69) is 20.8 Å². The number of hydrogen-bond acceptors (Lipinski definition) is 7. The Kier molecular flexibility index (Phi) is 36.0. The van der Waals surface area contributed by atoms with Gasteiger partial charge in [0, 0.05) is 32.5 Å². The molecule has 1 aliphatic heterocycles. The Morgan fingerprint density at radius 3 is 1.58 bits per heavy atom. The molecule has 59 heavy (non-hydrogen) atoms. The lowest BCUT2D eigenvalue weighted by molar-refractivity contribution is -0.150. The maximum absolute atomic E-state index is 13.6. The minimum Gasteiger partial charge on any atom is -0.465 e. The van der Waals surface area contributed by atoms with Gasteiger partial charge in [0.05, 0.1) is 19.8 Å². The Bertz CT molecular complexity index is 1030. The summed E-state index contributed by atoms with van der Waals surface area (Å²) in [4.78, 5) is 57.3. The van der Waals surface area contributed by atoms with E-state index in [9.17, 15) is 19.2 Å². The predicted molar refractivity (Wildman–Crippen MR) is 245 cm³/mol. The van der Waals surface area contributed by atoms with Crippen LogP contribution in [0.5, 0.6) is 0 Å². The number of ether oxygens (including phenoxy) is 2. The summed E-state index contributed by atoms with van der Waals surface area (Å²) in [5.74, 6) is 0.399. The fourth-order valence-electron chi connectivity index (χ4n) is 8.35. The van der Waals surface area contributed by atoms with Crippen LogP contribution in [0, 0.1) is 11.8 Å². The van der Waals surface area contributed by atoms with Crippen molar-refractivity contribution < 1.29 is 28.7 Å². The third-order valence-corrected chi connectivity index (χ3v) is 12.3. The lowest BCUT2D eigenvalue weighted by atomic mass is 9.92. The first kappa shape index (κ1) is 54.9. The highest BCUT2D eigenvalue weighted by Gasteiger charge is 2.27. The van der Waals surface area contributed by atoms with Crippen LogP contribution in [0.25, 0.3) is 0 Å². The summed E-state index contributed by atoms with van der Waals surface area (Å²) in [6.07, 6.45) is 35.9. The molecule has 1 aliphatic rings. The Balaban J connectivity index is 2.49. The molecule has 0 aliphatic carbocycles.